The Hall–Kier alpha value is -3.34. The van der Waals surface area contributed by atoms with E-state index in [2.05, 4.69) is 21.4 Å². The molecule has 32 heavy (non-hydrogen) atoms. The van der Waals surface area contributed by atoms with E-state index in [0.717, 1.165) is 36.1 Å². The predicted octanol–water partition coefficient (Wildman–Crippen LogP) is 4.63. The molecular weight excluding hydrogens is 406 g/mol. The molecule has 1 aromatic heterocycles. The van der Waals surface area contributed by atoms with Gasteiger partial charge in [0.05, 0.1) is 23.2 Å². The first-order valence-corrected chi connectivity index (χ1v) is 10.9. The van der Waals surface area contributed by atoms with E-state index >= 15 is 0 Å². The second-order valence-electron chi connectivity index (χ2n) is 9.50. The number of fused-ring (bicyclic) bond motifs is 2. The number of benzene rings is 1. The van der Waals surface area contributed by atoms with Crippen LogP contribution in [0.15, 0.2) is 24.5 Å². The van der Waals surface area contributed by atoms with E-state index in [1.165, 1.54) is 6.33 Å². The van der Waals surface area contributed by atoms with Crippen LogP contribution in [0.1, 0.15) is 56.7 Å². The van der Waals surface area contributed by atoms with Crippen LogP contribution in [0.4, 0.5) is 16.3 Å². The number of amides is 1. The van der Waals surface area contributed by atoms with Gasteiger partial charge in [0.2, 0.25) is 5.88 Å². The number of rotatable bonds is 4. The number of ether oxygens (including phenoxy) is 2. The summed E-state index contributed by atoms with van der Waals surface area (Å²) < 4.78 is 11.9. The molecule has 4 rings (SSSR count). The molecule has 2 aliphatic rings. The van der Waals surface area contributed by atoms with E-state index in [-0.39, 0.29) is 24.3 Å². The smallest absolute Gasteiger partial charge is 0.410 e. The van der Waals surface area contributed by atoms with Gasteiger partial charge in [0.15, 0.2) is 0 Å². The molecule has 2 aromatic rings. The average Bonchev–Trinajstić information content (AvgIpc) is 3.29. The summed E-state index contributed by atoms with van der Waals surface area (Å²) in [6.07, 6.45) is 3.72. The van der Waals surface area contributed by atoms with Crippen molar-refractivity contribution in [3.05, 3.63) is 41.2 Å². The van der Waals surface area contributed by atoms with Crippen molar-refractivity contribution in [1.82, 2.24) is 14.9 Å². The molecule has 2 bridgehead atoms. The second-order valence-corrected chi connectivity index (χ2v) is 9.50. The Balaban J connectivity index is 1.49. The Morgan fingerprint density at radius 2 is 2.03 bits per heavy atom. The molecule has 2 aliphatic heterocycles. The van der Waals surface area contributed by atoms with Crippen molar-refractivity contribution in [2.45, 2.75) is 77.7 Å². The summed E-state index contributed by atoms with van der Waals surface area (Å²) in [5.74, 6) is 1.16. The molecule has 0 radical (unpaired) electrons. The number of aryl methyl sites for hydroxylation is 1. The number of anilines is 2. The first-order valence-electron chi connectivity index (χ1n) is 10.9. The van der Waals surface area contributed by atoms with Gasteiger partial charge in [0, 0.05) is 18.2 Å². The fraction of sp³-hybridized carbons (Fsp3) is 0.500. The Morgan fingerprint density at radius 1 is 1.25 bits per heavy atom. The van der Waals surface area contributed by atoms with Gasteiger partial charge in [-0.15, -0.1) is 0 Å². The molecule has 0 saturated carbocycles. The van der Waals surface area contributed by atoms with Gasteiger partial charge in [-0.2, -0.15) is 5.26 Å². The summed E-state index contributed by atoms with van der Waals surface area (Å²) in [5.41, 5.74) is 2.70. The van der Waals surface area contributed by atoms with Crippen molar-refractivity contribution in [2.75, 3.05) is 5.32 Å². The highest BCUT2D eigenvalue weighted by atomic mass is 16.6. The van der Waals surface area contributed by atoms with Crippen molar-refractivity contribution in [3.8, 4) is 11.9 Å². The van der Waals surface area contributed by atoms with Crippen LogP contribution in [0.25, 0.3) is 0 Å². The summed E-state index contributed by atoms with van der Waals surface area (Å²) >= 11 is 0. The van der Waals surface area contributed by atoms with Crippen molar-refractivity contribution >= 4 is 17.6 Å². The summed E-state index contributed by atoms with van der Waals surface area (Å²) in [4.78, 5) is 23.3. The highest BCUT2D eigenvalue weighted by Crippen LogP contribution is 2.41. The number of nitriles is 1. The number of carbonyl (C=O) groups is 1. The highest BCUT2D eigenvalue weighted by Gasteiger charge is 2.51. The lowest BCUT2D eigenvalue weighted by Gasteiger charge is -2.28. The molecule has 3 atom stereocenters. The lowest BCUT2D eigenvalue weighted by Crippen LogP contribution is -2.42. The Labute approximate surface area is 188 Å². The second kappa shape index (κ2) is 8.30. The Morgan fingerprint density at radius 3 is 2.72 bits per heavy atom. The number of hydrogen-bond donors (Lipinski definition) is 1. The molecule has 2 unspecified atom stereocenters. The minimum atomic E-state index is -0.525. The van der Waals surface area contributed by atoms with Crippen LogP contribution in [0.5, 0.6) is 5.88 Å². The molecule has 1 N–H and O–H groups in total. The number of carbonyl (C=O) groups excluding carboxylic acids is 1. The molecule has 0 aliphatic carbocycles. The number of nitrogens with zero attached hydrogens (tertiary/aromatic N) is 4. The van der Waals surface area contributed by atoms with Crippen LogP contribution in [-0.4, -0.2) is 44.7 Å². The lowest BCUT2D eigenvalue weighted by atomic mass is 9.98. The maximum atomic E-state index is 12.7. The Kier molecular flexibility index (Phi) is 5.68. The first kappa shape index (κ1) is 21.9. The third-order valence-corrected chi connectivity index (χ3v) is 5.99. The number of aromatic nitrogens is 2. The zero-order valence-corrected chi connectivity index (χ0v) is 19.2. The molecule has 8 heteroatoms. The third-order valence-electron chi connectivity index (χ3n) is 5.99. The van der Waals surface area contributed by atoms with Gasteiger partial charge >= 0.3 is 6.09 Å². The average molecular weight is 436 g/mol. The van der Waals surface area contributed by atoms with E-state index in [0.29, 0.717) is 17.3 Å². The monoisotopic (exact) mass is 435 g/mol. The maximum Gasteiger partial charge on any atom is 0.410 e. The minimum absolute atomic E-state index is 0.0126. The van der Waals surface area contributed by atoms with Gasteiger partial charge in [-0.1, -0.05) is 0 Å². The Bertz CT molecular complexity index is 1070. The topological polar surface area (TPSA) is 100 Å². The fourth-order valence-corrected chi connectivity index (χ4v) is 4.48. The van der Waals surface area contributed by atoms with Crippen molar-refractivity contribution in [3.63, 3.8) is 0 Å². The molecule has 0 spiro atoms. The molecule has 3 heterocycles. The van der Waals surface area contributed by atoms with Crippen LogP contribution < -0.4 is 10.1 Å². The largest absolute Gasteiger partial charge is 0.472 e. The molecule has 1 aromatic carbocycles. The fourth-order valence-electron chi connectivity index (χ4n) is 4.48. The standard InChI is InChI=1S/C24H29N5O3/c1-14-10-16(12-25)6-8-18(14)28-21-15(2)22(27-13-26-21)31-20-11-17-7-9-19(20)29(17)23(30)32-24(3,4)5/h6,8,10,13,17,19-20H,7,9,11H2,1-5H3,(H,26,27,28)/t17?,19?,20-/m0/s1. The van der Waals surface area contributed by atoms with E-state index < -0.39 is 5.60 Å². The maximum absolute atomic E-state index is 12.7. The molecule has 2 fully saturated rings. The molecular formula is C24H29N5O3. The van der Waals surface area contributed by atoms with Crippen molar-refractivity contribution < 1.29 is 14.3 Å². The van der Waals surface area contributed by atoms with Crippen LogP contribution in [0, 0.1) is 25.2 Å². The number of nitrogens with one attached hydrogen (secondary N) is 1. The van der Waals surface area contributed by atoms with Crippen LogP contribution in [-0.2, 0) is 4.74 Å². The van der Waals surface area contributed by atoms with Crippen LogP contribution in [0.2, 0.25) is 0 Å². The van der Waals surface area contributed by atoms with Gasteiger partial charge in [-0.05, 0) is 71.2 Å². The molecule has 2 saturated heterocycles. The predicted molar refractivity (Wildman–Crippen MR) is 120 cm³/mol. The molecule has 8 nitrogen and oxygen atoms in total. The van der Waals surface area contributed by atoms with Crippen molar-refractivity contribution in [2.24, 2.45) is 0 Å². The van der Waals surface area contributed by atoms with Gasteiger partial charge in [0.25, 0.3) is 0 Å². The third kappa shape index (κ3) is 4.33. The summed E-state index contributed by atoms with van der Waals surface area (Å²) in [7, 11) is 0. The summed E-state index contributed by atoms with van der Waals surface area (Å²) in [6, 6.07) is 7.74. The lowest BCUT2D eigenvalue weighted by molar-refractivity contribution is 0.0180. The SMILES string of the molecule is Cc1cc(C#N)ccc1Nc1ncnc(O[C@H]2CC3CCC2N3C(=O)OC(C)(C)C)c1C. The zero-order chi connectivity index (χ0) is 23.0. The molecule has 168 valence electrons. The number of hydrogen-bond acceptors (Lipinski definition) is 7. The van der Waals surface area contributed by atoms with Gasteiger partial charge < -0.3 is 14.8 Å². The summed E-state index contributed by atoms with van der Waals surface area (Å²) in [5, 5.41) is 12.4. The minimum Gasteiger partial charge on any atom is -0.472 e. The highest BCUT2D eigenvalue weighted by molar-refractivity contribution is 5.70. The normalized spacial score (nSPS) is 21.9. The quantitative estimate of drug-likeness (QED) is 0.747. The van der Waals surface area contributed by atoms with E-state index in [9.17, 15) is 4.79 Å². The van der Waals surface area contributed by atoms with Crippen LogP contribution in [0.3, 0.4) is 0 Å². The first-order chi connectivity index (χ1) is 15.2. The van der Waals surface area contributed by atoms with Gasteiger partial charge in [-0.25, -0.2) is 14.8 Å². The van der Waals surface area contributed by atoms with E-state index in [1.54, 1.807) is 6.07 Å². The van der Waals surface area contributed by atoms with Gasteiger partial charge in [0.1, 0.15) is 23.9 Å². The van der Waals surface area contributed by atoms with Crippen molar-refractivity contribution in [1.29, 1.82) is 5.26 Å². The van der Waals surface area contributed by atoms with Crippen LogP contribution >= 0.6 is 0 Å². The van der Waals surface area contributed by atoms with E-state index in [1.807, 2.05) is 51.7 Å². The van der Waals surface area contributed by atoms with E-state index in [4.69, 9.17) is 14.7 Å². The summed E-state index contributed by atoms with van der Waals surface area (Å²) in [6.45, 7) is 9.49. The zero-order valence-electron chi connectivity index (χ0n) is 19.2. The van der Waals surface area contributed by atoms with Gasteiger partial charge in [-0.3, -0.25) is 4.90 Å². The molecule has 1 amide bonds.